The number of nitrogens with two attached hydrogens (primary N) is 1. The van der Waals surface area contributed by atoms with Crippen molar-refractivity contribution < 1.29 is 0 Å². The van der Waals surface area contributed by atoms with Gasteiger partial charge >= 0.3 is 0 Å². The van der Waals surface area contributed by atoms with Crippen LogP contribution >= 0.6 is 11.9 Å². The van der Waals surface area contributed by atoms with E-state index in [1.54, 1.807) is 0 Å². The first kappa shape index (κ1) is 10.3. The Kier molecular flexibility index (Phi) is 5.70. The maximum atomic E-state index is 5.32. The third kappa shape index (κ3) is 7.22. The van der Waals surface area contributed by atoms with Gasteiger partial charge in [0.05, 0.1) is 0 Å². The van der Waals surface area contributed by atoms with Crippen LogP contribution in [0, 0.1) is 0 Å². The minimum Gasteiger partial charge on any atom is -0.331 e. The molecule has 0 amide bonds. The van der Waals surface area contributed by atoms with Crippen molar-refractivity contribution in [3.8, 4) is 0 Å². The second-order valence-electron chi connectivity index (χ2n) is 2.17. The van der Waals surface area contributed by atoms with Crippen molar-refractivity contribution >= 4 is 11.9 Å². The lowest BCUT2D eigenvalue weighted by molar-refractivity contribution is 1.20. The zero-order valence-corrected chi connectivity index (χ0v) is 7.58. The van der Waals surface area contributed by atoms with Gasteiger partial charge in [0.2, 0.25) is 0 Å². The molecule has 11 heavy (non-hydrogen) atoms. The maximum absolute atomic E-state index is 5.32. The molecule has 0 spiro atoms. The van der Waals surface area contributed by atoms with Crippen LogP contribution in [0.2, 0.25) is 0 Å². The quantitative estimate of drug-likeness (QED) is 0.488. The SMILES string of the molecule is C=C(/C=C\SNC(=C)C)CN. The van der Waals surface area contributed by atoms with Crippen LogP contribution < -0.4 is 10.5 Å². The zero-order valence-electron chi connectivity index (χ0n) is 6.76. The summed E-state index contributed by atoms with van der Waals surface area (Å²) in [6.07, 6.45) is 1.88. The van der Waals surface area contributed by atoms with E-state index in [0.29, 0.717) is 6.54 Å². The van der Waals surface area contributed by atoms with E-state index in [2.05, 4.69) is 17.9 Å². The molecule has 3 heteroatoms. The standard InChI is InChI=1S/C8H14N2S/c1-7(2)10-11-5-4-8(3)6-9/h4-5,10H,1,3,6,9H2,2H3/b5-4-. The second kappa shape index (κ2) is 6.07. The topological polar surface area (TPSA) is 38.0 Å². The Morgan fingerprint density at radius 1 is 1.64 bits per heavy atom. The van der Waals surface area contributed by atoms with E-state index in [1.807, 2.05) is 18.4 Å². The Bertz CT molecular complexity index is 173. The van der Waals surface area contributed by atoms with E-state index in [4.69, 9.17) is 5.73 Å². The molecule has 0 saturated carbocycles. The molecule has 0 aliphatic heterocycles. The van der Waals surface area contributed by atoms with Gasteiger partial charge in [-0.05, 0) is 29.9 Å². The van der Waals surface area contributed by atoms with Crippen molar-refractivity contribution in [3.05, 3.63) is 35.9 Å². The van der Waals surface area contributed by atoms with Crippen molar-refractivity contribution in [3.63, 3.8) is 0 Å². The summed E-state index contributed by atoms with van der Waals surface area (Å²) < 4.78 is 2.98. The molecule has 0 aliphatic carbocycles. The van der Waals surface area contributed by atoms with Gasteiger partial charge < -0.3 is 10.5 Å². The minimum atomic E-state index is 0.504. The molecular formula is C8H14N2S. The maximum Gasteiger partial charge on any atom is 0.0172 e. The van der Waals surface area contributed by atoms with Crippen LogP contribution in [0.15, 0.2) is 35.9 Å². The van der Waals surface area contributed by atoms with Gasteiger partial charge in [-0.1, -0.05) is 19.2 Å². The lowest BCUT2D eigenvalue weighted by atomic mass is 10.3. The summed E-state index contributed by atoms with van der Waals surface area (Å²) in [4.78, 5) is 0. The molecule has 0 heterocycles. The van der Waals surface area contributed by atoms with Gasteiger partial charge in [-0.15, -0.1) is 0 Å². The van der Waals surface area contributed by atoms with Gasteiger partial charge in [-0.3, -0.25) is 0 Å². The lowest BCUT2D eigenvalue weighted by Gasteiger charge is -1.97. The first-order valence-electron chi connectivity index (χ1n) is 3.28. The average Bonchev–Trinajstić information content (AvgIpc) is 1.97. The summed E-state index contributed by atoms with van der Waals surface area (Å²) in [6.45, 7) is 9.80. The number of hydrogen-bond donors (Lipinski definition) is 2. The molecule has 0 unspecified atom stereocenters. The van der Waals surface area contributed by atoms with Crippen molar-refractivity contribution in [2.45, 2.75) is 6.92 Å². The molecule has 0 saturated heterocycles. The van der Waals surface area contributed by atoms with E-state index in [1.165, 1.54) is 11.9 Å². The second-order valence-corrected chi connectivity index (χ2v) is 2.88. The first-order chi connectivity index (χ1) is 5.16. The smallest absolute Gasteiger partial charge is 0.0172 e. The van der Waals surface area contributed by atoms with E-state index in [9.17, 15) is 0 Å². The Hall–Kier alpha value is -0.670. The molecular weight excluding hydrogens is 156 g/mol. The molecule has 0 aromatic heterocycles. The summed E-state index contributed by atoms with van der Waals surface area (Å²) >= 11 is 1.46. The number of hydrogen-bond acceptors (Lipinski definition) is 3. The van der Waals surface area contributed by atoms with Crippen LogP contribution in [0.1, 0.15) is 6.92 Å². The van der Waals surface area contributed by atoms with Crippen molar-refractivity contribution in [1.82, 2.24) is 4.72 Å². The molecule has 2 nitrogen and oxygen atoms in total. The van der Waals surface area contributed by atoms with Crippen LogP contribution in [0.25, 0.3) is 0 Å². The first-order valence-corrected chi connectivity index (χ1v) is 4.16. The zero-order chi connectivity index (χ0) is 8.69. The van der Waals surface area contributed by atoms with Crippen LogP contribution in [0.5, 0.6) is 0 Å². The largest absolute Gasteiger partial charge is 0.331 e. The summed E-state index contributed by atoms with van der Waals surface area (Å²) in [5.74, 6) is 0. The number of rotatable bonds is 5. The Morgan fingerprint density at radius 3 is 2.73 bits per heavy atom. The summed E-state index contributed by atoms with van der Waals surface area (Å²) in [6, 6.07) is 0. The summed E-state index contributed by atoms with van der Waals surface area (Å²) in [5.41, 5.74) is 7.16. The van der Waals surface area contributed by atoms with E-state index < -0.39 is 0 Å². The highest BCUT2D eigenvalue weighted by Gasteiger charge is 1.82. The van der Waals surface area contributed by atoms with Crippen molar-refractivity contribution in [1.29, 1.82) is 0 Å². The average molecular weight is 170 g/mol. The molecule has 0 radical (unpaired) electrons. The fourth-order valence-electron chi connectivity index (χ4n) is 0.333. The summed E-state index contributed by atoms with van der Waals surface area (Å²) in [7, 11) is 0. The highest BCUT2D eigenvalue weighted by atomic mass is 32.2. The number of allylic oxidation sites excluding steroid dienone is 1. The summed E-state index contributed by atoms with van der Waals surface area (Å²) in [5, 5.41) is 1.89. The third-order valence-corrected chi connectivity index (χ3v) is 1.61. The normalized spacial score (nSPS) is 10.0. The fraction of sp³-hybridized carbons (Fsp3) is 0.250. The highest BCUT2D eigenvalue weighted by Crippen LogP contribution is 2.01. The molecule has 0 aromatic carbocycles. The van der Waals surface area contributed by atoms with Crippen LogP contribution in [0.4, 0.5) is 0 Å². The predicted octanol–water partition coefficient (Wildman–Crippen LogP) is 1.79. The third-order valence-electron chi connectivity index (χ3n) is 0.867. The molecule has 0 rings (SSSR count). The van der Waals surface area contributed by atoms with Crippen molar-refractivity contribution in [2.75, 3.05) is 6.54 Å². The molecule has 62 valence electrons. The van der Waals surface area contributed by atoms with Gasteiger partial charge in [-0.2, -0.15) is 0 Å². The molecule has 3 N–H and O–H groups in total. The molecule has 0 atom stereocenters. The Labute approximate surface area is 72.4 Å². The molecule has 0 aromatic rings. The van der Waals surface area contributed by atoms with Gasteiger partial charge in [-0.25, -0.2) is 0 Å². The van der Waals surface area contributed by atoms with Crippen LogP contribution in [0.3, 0.4) is 0 Å². The van der Waals surface area contributed by atoms with Crippen LogP contribution in [-0.4, -0.2) is 6.54 Å². The highest BCUT2D eigenvalue weighted by molar-refractivity contribution is 8.00. The number of nitrogens with one attached hydrogen (secondary N) is 1. The van der Waals surface area contributed by atoms with Crippen LogP contribution in [-0.2, 0) is 0 Å². The minimum absolute atomic E-state index is 0.504. The van der Waals surface area contributed by atoms with E-state index in [-0.39, 0.29) is 0 Å². The Balaban J connectivity index is 3.45. The van der Waals surface area contributed by atoms with E-state index >= 15 is 0 Å². The molecule has 0 bridgehead atoms. The lowest BCUT2D eigenvalue weighted by Crippen LogP contribution is -1.99. The molecule has 0 fully saturated rings. The van der Waals surface area contributed by atoms with Gasteiger partial charge in [0.25, 0.3) is 0 Å². The van der Waals surface area contributed by atoms with Gasteiger partial charge in [0.15, 0.2) is 0 Å². The van der Waals surface area contributed by atoms with Gasteiger partial charge in [0.1, 0.15) is 0 Å². The van der Waals surface area contributed by atoms with Gasteiger partial charge in [0, 0.05) is 12.2 Å². The molecule has 0 aliphatic rings. The van der Waals surface area contributed by atoms with E-state index in [0.717, 1.165) is 11.3 Å². The Morgan fingerprint density at radius 2 is 2.27 bits per heavy atom. The van der Waals surface area contributed by atoms with Crippen molar-refractivity contribution in [2.24, 2.45) is 5.73 Å². The predicted molar refractivity (Wildman–Crippen MR) is 52.9 cm³/mol. The monoisotopic (exact) mass is 170 g/mol. The fourth-order valence-corrected chi connectivity index (χ4v) is 0.863.